The summed E-state index contributed by atoms with van der Waals surface area (Å²) >= 11 is 0. The number of aliphatic carboxylic acids is 1. The third kappa shape index (κ3) is 5.99. The van der Waals surface area contributed by atoms with Crippen LogP contribution in [0.3, 0.4) is 0 Å². The normalized spacial score (nSPS) is 13.9. The van der Waals surface area contributed by atoms with Gasteiger partial charge in [0.2, 0.25) is 5.91 Å². The molecule has 0 saturated carbocycles. The van der Waals surface area contributed by atoms with Crippen LogP contribution < -0.4 is 16.0 Å². The number of nitrogens with one attached hydrogen (secondary N) is 1. The molecule has 0 radical (unpaired) electrons. The van der Waals surface area contributed by atoms with Crippen molar-refractivity contribution in [2.24, 2.45) is 5.73 Å². The molecule has 3 amide bonds. The fourth-order valence-corrected chi connectivity index (χ4v) is 3.63. The first-order valence-corrected chi connectivity index (χ1v) is 10.8. The van der Waals surface area contributed by atoms with Gasteiger partial charge < -0.3 is 26.0 Å². The van der Waals surface area contributed by atoms with Gasteiger partial charge in [-0.25, -0.2) is 0 Å². The molecule has 0 aliphatic carbocycles. The van der Waals surface area contributed by atoms with Crippen molar-refractivity contribution >= 4 is 29.4 Å². The third-order valence-electron chi connectivity index (χ3n) is 5.32. The number of amides is 3. The van der Waals surface area contributed by atoms with Gasteiger partial charge in [0, 0.05) is 30.6 Å². The molecule has 1 aliphatic heterocycles. The number of benzene rings is 2. The monoisotopic (exact) mass is 462 g/mol. The Morgan fingerprint density at radius 1 is 1.18 bits per heavy atom. The molecule has 1 unspecified atom stereocenters. The van der Waals surface area contributed by atoms with E-state index >= 15 is 0 Å². The standard InChI is InChI=1S/C25H26N4O5/c1-17(13-24(32)33)28-16-23(31)29(15-19-5-3-2-4-6-19)21-9-7-18(14-20(21)25(28)34)8-10-22(30)27-12-11-26/h2-7,9,14,17H,11-13,15-16,26H2,1H3,(H,27,30)(H,32,33). The molecule has 1 aliphatic rings. The van der Waals surface area contributed by atoms with E-state index in [9.17, 15) is 24.3 Å². The molecule has 0 saturated heterocycles. The Kier molecular flexibility index (Phi) is 8.01. The molecule has 4 N–H and O–H groups in total. The molecule has 3 rings (SSSR count). The average molecular weight is 463 g/mol. The topological polar surface area (TPSA) is 133 Å². The highest BCUT2D eigenvalue weighted by Gasteiger charge is 2.34. The molecule has 9 heteroatoms. The van der Waals surface area contributed by atoms with Crippen molar-refractivity contribution < 1.29 is 24.3 Å². The summed E-state index contributed by atoms with van der Waals surface area (Å²) in [5.74, 6) is 2.82. The molecule has 2 aromatic carbocycles. The van der Waals surface area contributed by atoms with Crippen LogP contribution >= 0.6 is 0 Å². The van der Waals surface area contributed by atoms with Crippen LogP contribution in [0.2, 0.25) is 0 Å². The highest BCUT2D eigenvalue weighted by Crippen LogP contribution is 2.29. The van der Waals surface area contributed by atoms with Gasteiger partial charge in [-0.3, -0.25) is 19.2 Å². The number of carboxylic acid groups (broad SMARTS) is 1. The summed E-state index contributed by atoms with van der Waals surface area (Å²) in [7, 11) is 0. The molecule has 0 spiro atoms. The molecule has 0 aromatic heterocycles. The second-order valence-electron chi connectivity index (χ2n) is 7.87. The zero-order valence-corrected chi connectivity index (χ0v) is 18.8. The lowest BCUT2D eigenvalue weighted by molar-refractivity contribution is -0.138. The fraction of sp³-hybridized carbons (Fsp3) is 0.280. The number of carbonyl (C=O) groups is 4. The Morgan fingerprint density at radius 2 is 1.91 bits per heavy atom. The van der Waals surface area contributed by atoms with Crippen molar-refractivity contribution in [1.29, 1.82) is 0 Å². The zero-order chi connectivity index (χ0) is 24.7. The number of carbonyl (C=O) groups excluding carboxylic acids is 3. The number of rotatable bonds is 7. The van der Waals surface area contributed by atoms with Gasteiger partial charge in [0.1, 0.15) is 6.54 Å². The SMILES string of the molecule is CC(CC(=O)O)N1CC(=O)N(Cc2ccccc2)c2ccc(C#CC(=O)NCCN)cc2C1=O. The Hall–Kier alpha value is -4.16. The Morgan fingerprint density at radius 3 is 2.59 bits per heavy atom. The quantitative estimate of drug-likeness (QED) is 0.525. The van der Waals surface area contributed by atoms with Crippen LogP contribution in [0.25, 0.3) is 0 Å². The van der Waals surface area contributed by atoms with Crippen LogP contribution in [-0.4, -0.2) is 59.4 Å². The van der Waals surface area contributed by atoms with Gasteiger partial charge in [0.25, 0.3) is 11.8 Å². The summed E-state index contributed by atoms with van der Waals surface area (Å²) in [4.78, 5) is 52.5. The van der Waals surface area contributed by atoms with Crippen LogP contribution in [0.5, 0.6) is 0 Å². The lowest BCUT2D eigenvalue weighted by Crippen LogP contribution is -2.44. The van der Waals surface area contributed by atoms with E-state index in [1.807, 2.05) is 30.3 Å². The summed E-state index contributed by atoms with van der Waals surface area (Å²) in [6.45, 7) is 2.17. The number of anilines is 1. The largest absolute Gasteiger partial charge is 0.481 e. The molecule has 1 heterocycles. The number of carboxylic acids is 1. The van der Waals surface area contributed by atoms with Crippen molar-refractivity contribution in [3.63, 3.8) is 0 Å². The van der Waals surface area contributed by atoms with Gasteiger partial charge in [-0.05, 0) is 30.7 Å². The molecular formula is C25H26N4O5. The predicted molar refractivity (Wildman–Crippen MR) is 126 cm³/mol. The minimum absolute atomic E-state index is 0.216. The van der Waals surface area contributed by atoms with Crippen LogP contribution in [0.1, 0.15) is 34.8 Å². The molecular weight excluding hydrogens is 436 g/mol. The number of hydrogen-bond donors (Lipinski definition) is 3. The van der Waals surface area contributed by atoms with Crippen LogP contribution in [0.15, 0.2) is 48.5 Å². The van der Waals surface area contributed by atoms with Crippen molar-refractivity contribution in [2.75, 3.05) is 24.5 Å². The minimum Gasteiger partial charge on any atom is -0.481 e. The summed E-state index contributed by atoms with van der Waals surface area (Å²) < 4.78 is 0. The van der Waals surface area contributed by atoms with E-state index in [1.54, 1.807) is 19.1 Å². The maximum absolute atomic E-state index is 13.4. The van der Waals surface area contributed by atoms with E-state index in [4.69, 9.17) is 5.73 Å². The summed E-state index contributed by atoms with van der Waals surface area (Å²) in [5.41, 5.74) is 7.27. The van der Waals surface area contributed by atoms with Gasteiger partial charge >= 0.3 is 5.97 Å². The van der Waals surface area contributed by atoms with Gasteiger partial charge in [-0.15, -0.1) is 0 Å². The van der Waals surface area contributed by atoms with Gasteiger partial charge in [0.15, 0.2) is 0 Å². The van der Waals surface area contributed by atoms with Gasteiger partial charge in [0.05, 0.1) is 24.2 Å². The third-order valence-corrected chi connectivity index (χ3v) is 5.32. The molecule has 1 atom stereocenters. The Labute approximate surface area is 197 Å². The van der Waals surface area contributed by atoms with Gasteiger partial charge in [-0.2, -0.15) is 0 Å². The van der Waals surface area contributed by atoms with Crippen LogP contribution in [0, 0.1) is 11.8 Å². The second-order valence-corrected chi connectivity index (χ2v) is 7.87. The maximum atomic E-state index is 13.4. The van der Waals surface area contributed by atoms with Crippen molar-refractivity contribution in [3.05, 3.63) is 65.2 Å². The van der Waals surface area contributed by atoms with E-state index in [0.717, 1.165) is 5.56 Å². The van der Waals surface area contributed by atoms with E-state index in [1.165, 1.54) is 15.9 Å². The van der Waals surface area contributed by atoms with Crippen molar-refractivity contribution in [1.82, 2.24) is 10.2 Å². The number of nitrogens with zero attached hydrogens (tertiary/aromatic N) is 2. The fourth-order valence-electron chi connectivity index (χ4n) is 3.63. The lowest BCUT2D eigenvalue weighted by atomic mass is 10.1. The van der Waals surface area contributed by atoms with Gasteiger partial charge in [-0.1, -0.05) is 36.3 Å². The molecule has 176 valence electrons. The van der Waals surface area contributed by atoms with Crippen molar-refractivity contribution in [2.45, 2.75) is 25.9 Å². The highest BCUT2D eigenvalue weighted by atomic mass is 16.4. The summed E-state index contributed by atoms with van der Waals surface area (Å²) in [6, 6.07) is 13.4. The smallest absolute Gasteiger partial charge is 0.305 e. The predicted octanol–water partition coefficient (Wildman–Crippen LogP) is 0.965. The summed E-state index contributed by atoms with van der Waals surface area (Å²) in [5, 5.41) is 11.8. The Balaban J connectivity index is 2.02. The minimum atomic E-state index is -1.07. The number of fused-ring (bicyclic) bond motifs is 1. The van der Waals surface area contributed by atoms with Crippen molar-refractivity contribution in [3.8, 4) is 11.8 Å². The average Bonchev–Trinajstić information content (AvgIpc) is 2.92. The van der Waals surface area contributed by atoms with E-state index < -0.39 is 23.8 Å². The molecule has 34 heavy (non-hydrogen) atoms. The molecule has 2 aromatic rings. The van der Waals surface area contributed by atoms with Crippen LogP contribution in [0.4, 0.5) is 5.69 Å². The second kappa shape index (κ2) is 11.1. The lowest BCUT2D eigenvalue weighted by Gasteiger charge is -2.26. The van der Waals surface area contributed by atoms with E-state index in [-0.39, 0.29) is 37.5 Å². The van der Waals surface area contributed by atoms with Crippen LogP contribution in [-0.2, 0) is 20.9 Å². The first kappa shape index (κ1) is 24.5. The van der Waals surface area contributed by atoms with E-state index in [2.05, 4.69) is 17.2 Å². The maximum Gasteiger partial charge on any atom is 0.305 e. The number of hydrogen-bond acceptors (Lipinski definition) is 5. The first-order valence-electron chi connectivity index (χ1n) is 10.8. The molecule has 0 bridgehead atoms. The number of nitrogens with two attached hydrogens (primary N) is 1. The zero-order valence-electron chi connectivity index (χ0n) is 18.8. The summed E-state index contributed by atoms with van der Waals surface area (Å²) in [6.07, 6.45) is -0.298. The highest BCUT2D eigenvalue weighted by molar-refractivity contribution is 6.10. The van der Waals surface area contributed by atoms with E-state index in [0.29, 0.717) is 17.8 Å². The first-order chi connectivity index (χ1) is 16.3. The molecule has 0 fully saturated rings. The molecule has 9 nitrogen and oxygen atoms in total. The Bertz CT molecular complexity index is 1150.